The number of carbonyl (C=O) groups excluding carboxylic acids is 1. The monoisotopic (exact) mass is 275 g/mol. The van der Waals surface area contributed by atoms with Gasteiger partial charge in [0, 0.05) is 18.3 Å². The van der Waals surface area contributed by atoms with E-state index in [4.69, 9.17) is 5.73 Å². The molecule has 20 heavy (non-hydrogen) atoms. The largest absolute Gasteiger partial charge is 0.328 e. The van der Waals surface area contributed by atoms with Crippen molar-refractivity contribution in [3.63, 3.8) is 0 Å². The number of carbonyl (C=O) groups is 1. The topological polar surface area (TPSA) is 58.4 Å². The van der Waals surface area contributed by atoms with Crippen LogP contribution in [0, 0.1) is 19.8 Å². The Morgan fingerprint density at radius 3 is 2.80 bits per heavy atom. The third kappa shape index (κ3) is 3.81. The molecule has 1 aliphatic heterocycles. The second-order valence-corrected chi connectivity index (χ2v) is 5.99. The molecule has 0 spiro atoms. The van der Waals surface area contributed by atoms with Crippen molar-refractivity contribution in [3.8, 4) is 0 Å². The zero-order chi connectivity index (χ0) is 14.7. The molecule has 4 nitrogen and oxygen atoms in total. The van der Waals surface area contributed by atoms with E-state index >= 15 is 0 Å². The van der Waals surface area contributed by atoms with Gasteiger partial charge in [-0.25, -0.2) is 0 Å². The number of anilines is 1. The van der Waals surface area contributed by atoms with Crippen molar-refractivity contribution in [2.75, 3.05) is 25.0 Å². The molecule has 1 saturated heterocycles. The van der Waals surface area contributed by atoms with E-state index < -0.39 is 0 Å². The smallest absolute Gasteiger partial charge is 0.238 e. The van der Waals surface area contributed by atoms with Crippen LogP contribution in [-0.2, 0) is 4.79 Å². The minimum Gasteiger partial charge on any atom is -0.328 e. The summed E-state index contributed by atoms with van der Waals surface area (Å²) in [6.45, 7) is 8.52. The maximum Gasteiger partial charge on any atom is 0.238 e. The van der Waals surface area contributed by atoms with Crippen LogP contribution in [0.5, 0.6) is 0 Å². The summed E-state index contributed by atoms with van der Waals surface area (Å²) in [5.41, 5.74) is 9.23. The summed E-state index contributed by atoms with van der Waals surface area (Å²) in [4.78, 5) is 14.2. The normalized spacial score (nSPS) is 20.9. The molecule has 110 valence electrons. The molecule has 1 aliphatic rings. The molecule has 0 bridgehead atoms. The van der Waals surface area contributed by atoms with Crippen LogP contribution in [0.25, 0.3) is 0 Å². The lowest BCUT2D eigenvalue weighted by Gasteiger charge is -2.17. The van der Waals surface area contributed by atoms with Crippen LogP contribution in [0.1, 0.15) is 24.5 Å². The summed E-state index contributed by atoms with van der Waals surface area (Å²) < 4.78 is 0. The Bertz CT molecular complexity index is 485. The predicted molar refractivity (Wildman–Crippen MR) is 82.7 cm³/mol. The summed E-state index contributed by atoms with van der Waals surface area (Å²) in [5.74, 6) is 0.572. The lowest BCUT2D eigenvalue weighted by Crippen LogP contribution is -2.34. The zero-order valence-corrected chi connectivity index (χ0v) is 12.6. The van der Waals surface area contributed by atoms with Gasteiger partial charge in [0.2, 0.25) is 5.91 Å². The van der Waals surface area contributed by atoms with Crippen LogP contribution < -0.4 is 11.1 Å². The van der Waals surface area contributed by atoms with Crippen molar-refractivity contribution in [1.29, 1.82) is 0 Å². The fourth-order valence-corrected chi connectivity index (χ4v) is 2.66. The molecule has 1 amide bonds. The number of hydrogen-bond acceptors (Lipinski definition) is 3. The Balaban J connectivity index is 1.85. The first-order valence-corrected chi connectivity index (χ1v) is 7.30. The van der Waals surface area contributed by atoms with E-state index in [1.807, 2.05) is 25.1 Å². The third-order valence-electron chi connectivity index (χ3n) is 4.21. The summed E-state index contributed by atoms with van der Waals surface area (Å²) in [6, 6.07) is 6.21. The highest BCUT2D eigenvalue weighted by molar-refractivity contribution is 5.92. The van der Waals surface area contributed by atoms with Crippen molar-refractivity contribution >= 4 is 11.6 Å². The number of amides is 1. The van der Waals surface area contributed by atoms with E-state index in [2.05, 4.69) is 24.1 Å². The average Bonchev–Trinajstić information content (AvgIpc) is 2.82. The highest BCUT2D eigenvalue weighted by Crippen LogP contribution is 2.19. The molecular weight excluding hydrogens is 250 g/mol. The Hall–Kier alpha value is -1.39. The molecule has 0 aromatic heterocycles. The minimum atomic E-state index is 0.0542. The molecule has 1 fully saturated rings. The van der Waals surface area contributed by atoms with Gasteiger partial charge in [0.1, 0.15) is 0 Å². The highest BCUT2D eigenvalue weighted by Gasteiger charge is 2.26. The minimum absolute atomic E-state index is 0.0542. The number of nitrogens with one attached hydrogen (secondary N) is 1. The summed E-state index contributed by atoms with van der Waals surface area (Å²) in [6.07, 6.45) is 1.09. The molecule has 2 unspecified atom stereocenters. The van der Waals surface area contributed by atoms with Gasteiger partial charge in [-0.15, -0.1) is 0 Å². The first-order valence-electron chi connectivity index (χ1n) is 7.30. The van der Waals surface area contributed by atoms with Gasteiger partial charge in [0.15, 0.2) is 0 Å². The first-order chi connectivity index (χ1) is 9.45. The van der Waals surface area contributed by atoms with Crippen LogP contribution in [0.2, 0.25) is 0 Å². The van der Waals surface area contributed by atoms with Gasteiger partial charge in [0.05, 0.1) is 6.54 Å². The van der Waals surface area contributed by atoms with Gasteiger partial charge in [-0.1, -0.05) is 6.07 Å². The first kappa shape index (κ1) is 15.0. The van der Waals surface area contributed by atoms with Crippen LogP contribution in [-0.4, -0.2) is 36.5 Å². The highest BCUT2D eigenvalue weighted by atomic mass is 16.2. The summed E-state index contributed by atoms with van der Waals surface area (Å²) >= 11 is 0. The van der Waals surface area contributed by atoms with E-state index in [0.29, 0.717) is 12.5 Å². The van der Waals surface area contributed by atoms with Gasteiger partial charge in [0.25, 0.3) is 0 Å². The predicted octanol–water partition coefficient (Wildman–Crippen LogP) is 1.91. The lowest BCUT2D eigenvalue weighted by molar-refractivity contribution is -0.117. The van der Waals surface area contributed by atoms with E-state index in [-0.39, 0.29) is 11.9 Å². The number of hydrogen-bond donors (Lipinski definition) is 2. The van der Waals surface area contributed by atoms with Crippen molar-refractivity contribution in [1.82, 2.24) is 4.90 Å². The van der Waals surface area contributed by atoms with Gasteiger partial charge in [-0.2, -0.15) is 0 Å². The molecule has 2 rings (SSSR count). The van der Waals surface area contributed by atoms with Crippen molar-refractivity contribution in [3.05, 3.63) is 29.3 Å². The SMILES string of the molecule is Cc1ccc(NC(=O)CN2CCC(C(C)N)C2)cc1C. The number of likely N-dealkylation sites (tertiary alicyclic amines) is 1. The van der Waals surface area contributed by atoms with E-state index in [9.17, 15) is 4.79 Å². The number of rotatable bonds is 4. The van der Waals surface area contributed by atoms with Crippen LogP contribution in [0.3, 0.4) is 0 Å². The molecule has 2 atom stereocenters. The van der Waals surface area contributed by atoms with Gasteiger partial charge in [-0.05, 0) is 62.9 Å². The molecule has 4 heteroatoms. The van der Waals surface area contributed by atoms with Gasteiger partial charge in [-0.3, -0.25) is 9.69 Å². The van der Waals surface area contributed by atoms with E-state index in [1.165, 1.54) is 11.1 Å². The van der Waals surface area contributed by atoms with Crippen LogP contribution >= 0.6 is 0 Å². The Kier molecular flexibility index (Phi) is 4.78. The van der Waals surface area contributed by atoms with Crippen molar-refractivity contribution < 1.29 is 4.79 Å². The van der Waals surface area contributed by atoms with E-state index in [1.54, 1.807) is 0 Å². The quantitative estimate of drug-likeness (QED) is 0.882. The lowest BCUT2D eigenvalue weighted by atomic mass is 10.0. The molecule has 0 aliphatic carbocycles. The number of benzene rings is 1. The fraction of sp³-hybridized carbons (Fsp3) is 0.562. The Morgan fingerprint density at radius 1 is 1.45 bits per heavy atom. The number of aryl methyl sites for hydroxylation is 2. The van der Waals surface area contributed by atoms with Crippen molar-refractivity contribution in [2.45, 2.75) is 33.2 Å². The maximum absolute atomic E-state index is 12.1. The van der Waals surface area contributed by atoms with Gasteiger partial charge < -0.3 is 11.1 Å². The van der Waals surface area contributed by atoms with E-state index in [0.717, 1.165) is 25.2 Å². The summed E-state index contributed by atoms with van der Waals surface area (Å²) in [7, 11) is 0. The number of nitrogens with zero attached hydrogens (tertiary/aromatic N) is 1. The van der Waals surface area contributed by atoms with Gasteiger partial charge >= 0.3 is 0 Å². The summed E-state index contributed by atoms with van der Waals surface area (Å²) in [5, 5.41) is 2.97. The Morgan fingerprint density at radius 2 is 2.20 bits per heavy atom. The Labute approximate surface area is 121 Å². The fourth-order valence-electron chi connectivity index (χ4n) is 2.66. The maximum atomic E-state index is 12.1. The standard InChI is InChI=1S/C16H25N3O/c1-11-4-5-15(8-12(11)2)18-16(20)10-19-7-6-14(9-19)13(3)17/h4-5,8,13-14H,6-7,9-10,17H2,1-3H3,(H,18,20). The average molecular weight is 275 g/mol. The molecule has 0 radical (unpaired) electrons. The second kappa shape index (κ2) is 6.37. The zero-order valence-electron chi connectivity index (χ0n) is 12.6. The number of nitrogens with two attached hydrogens (primary N) is 1. The third-order valence-corrected chi connectivity index (χ3v) is 4.21. The van der Waals surface area contributed by atoms with Crippen LogP contribution in [0.4, 0.5) is 5.69 Å². The second-order valence-electron chi connectivity index (χ2n) is 5.99. The van der Waals surface area contributed by atoms with Crippen molar-refractivity contribution in [2.24, 2.45) is 11.7 Å². The molecular formula is C16H25N3O. The molecule has 1 aromatic carbocycles. The van der Waals surface area contributed by atoms with Crippen LogP contribution in [0.15, 0.2) is 18.2 Å². The molecule has 0 saturated carbocycles. The molecule has 1 aromatic rings. The molecule has 1 heterocycles. The molecule has 3 N–H and O–H groups in total.